The van der Waals surface area contributed by atoms with Crippen LogP contribution in [0.1, 0.15) is 18.4 Å². The molecule has 1 rings (SSSR count). The number of nitrogens with zero attached hydrogens (tertiary/aromatic N) is 1. The van der Waals surface area contributed by atoms with Gasteiger partial charge in [-0.3, -0.25) is 0 Å². The number of carbonyl (C=O) groups excluding carboxylic acids is 1. The Morgan fingerprint density at radius 3 is 2.69 bits per heavy atom. The molecule has 0 aliphatic rings. The quantitative estimate of drug-likeness (QED) is 0.560. The average Bonchev–Trinajstić information content (AvgIpc) is 2.34. The highest BCUT2D eigenvalue weighted by molar-refractivity contribution is 5.87. The molecule has 3 heteroatoms. The fourth-order valence-corrected chi connectivity index (χ4v) is 1.13. The van der Waals surface area contributed by atoms with Crippen molar-refractivity contribution in [2.24, 2.45) is 0 Å². The normalized spacial score (nSPS) is 9.19. The zero-order chi connectivity index (χ0) is 11.8. The Labute approximate surface area is 95.0 Å². The second kappa shape index (κ2) is 6.41. The van der Waals surface area contributed by atoms with E-state index in [1.165, 1.54) is 0 Å². The first-order valence-corrected chi connectivity index (χ1v) is 5.00. The molecular formula is C13H13NO2. The molecule has 0 fully saturated rings. The number of ether oxygens (including phenoxy) is 1. The molecule has 1 aromatic rings. The first-order chi connectivity index (χ1) is 7.74. The zero-order valence-electron chi connectivity index (χ0n) is 8.98. The summed E-state index contributed by atoms with van der Waals surface area (Å²) in [6.45, 7) is 3.82. The molecule has 0 aliphatic heterocycles. The minimum atomic E-state index is -0.431. The summed E-state index contributed by atoms with van der Waals surface area (Å²) in [6.07, 6.45) is 0.656. The molecule has 0 amide bonds. The molecule has 0 saturated carbocycles. The van der Waals surface area contributed by atoms with Gasteiger partial charge in [-0.2, -0.15) is 5.26 Å². The third-order valence-corrected chi connectivity index (χ3v) is 2.04. The summed E-state index contributed by atoms with van der Waals surface area (Å²) in [4.78, 5) is 11.4. The van der Waals surface area contributed by atoms with Crippen molar-refractivity contribution in [1.82, 2.24) is 0 Å². The van der Waals surface area contributed by atoms with Gasteiger partial charge in [-0.1, -0.05) is 36.9 Å². The van der Waals surface area contributed by atoms with Crippen LogP contribution in [-0.4, -0.2) is 5.97 Å². The van der Waals surface area contributed by atoms with Gasteiger partial charge < -0.3 is 4.74 Å². The molecule has 0 N–H and O–H groups in total. The van der Waals surface area contributed by atoms with Crippen LogP contribution < -0.4 is 0 Å². The Bertz CT molecular complexity index is 404. The van der Waals surface area contributed by atoms with E-state index in [4.69, 9.17) is 10.00 Å². The molecule has 82 valence electrons. The Morgan fingerprint density at radius 1 is 1.38 bits per heavy atom. The summed E-state index contributed by atoms with van der Waals surface area (Å²) in [5, 5.41) is 8.36. The maximum Gasteiger partial charge on any atom is 0.333 e. The van der Waals surface area contributed by atoms with Crippen LogP contribution in [0.3, 0.4) is 0 Å². The molecule has 0 bridgehead atoms. The maximum absolute atomic E-state index is 11.4. The lowest BCUT2D eigenvalue weighted by Gasteiger charge is -2.05. The molecule has 3 nitrogen and oxygen atoms in total. The van der Waals surface area contributed by atoms with E-state index in [-0.39, 0.29) is 6.61 Å². The molecule has 0 unspecified atom stereocenters. The van der Waals surface area contributed by atoms with E-state index < -0.39 is 5.97 Å². The van der Waals surface area contributed by atoms with E-state index in [0.717, 1.165) is 5.56 Å². The second-order valence-corrected chi connectivity index (χ2v) is 3.32. The third-order valence-electron chi connectivity index (χ3n) is 2.04. The zero-order valence-corrected chi connectivity index (χ0v) is 8.98. The van der Waals surface area contributed by atoms with Crippen molar-refractivity contribution in [3.63, 3.8) is 0 Å². The first kappa shape index (κ1) is 12.0. The van der Waals surface area contributed by atoms with Crippen molar-refractivity contribution < 1.29 is 9.53 Å². The number of nitriles is 1. The average molecular weight is 215 g/mol. The number of hydrogen-bond acceptors (Lipinski definition) is 3. The van der Waals surface area contributed by atoms with Crippen molar-refractivity contribution in [3.05, 3.63) is 48.0 Å². The van der Waals surface area contributed by atoms with Gasteiger partial charge >= 0.3 is 5.97 Å². The number of carbonyl (C=O) groups is 1. The van der Waals surface area contributed by atoms with Crippen molar-refractivity contribution in [2.45, 2.75) is 19.4 Å². The van der Waals surface area contributed by atoms with Gasteiger partial charge in [0.05, 0.1) is 6.07 Å². The topological polar surface area (TPSA) is 50.1 Å². The fraction of sp³-hybridized carbons (Fsp3) is 0.231. The van der Waals surface area contributed by atoms with E-state index in [1.54, 1.807) is 0 Å². The van der Waals surface area contributed by atoms with Gasteiger partial charge in [0, 0.05) is 12.0 Å². The highest BCUT2D eigenvalue weighted by Gasteiger charge is 2.07. The van der Waals surface area contributed by atoms with Crippen LogP contribution in [0.15, 0.2) is 42.5 Å². The van der Waals surface area contributed by atoms with Gasteiger partial charge in [-0.05, 0) is 12.0 Å². The molecular weight excluding hydrogens is 202 g/mol. The molecule has 0 heterocycles. The Morgan fingerprint density at radius 2 is 2.06 bits per heavy atom. The van der Waals surface area contributed by atoms with E-state index in [1.807, 2.05) is 36.4 Å². The molecule has 16 heavy (non-hydrogen) atoms. The molecule has 0 atom stereocenters. The van der Waals surface area contributed by atoms with E-state index in [9.17, 15) is 4.79 Å². The van der Waals surface area contributed by atoms with Crippen molar-refractivity contribution in [1.29, 1.82) is 5.26 Å². The lowest BCUT2D eigenvalue weighted by molar-refractivity contribution is -0.140. The standard InChI is InChI=1S/C13H13NO2/c1-11(6-5-9-14)13(15)16-10-12-7-3-2-4-8-12/h2-4,7-8H,1,5-6,10H2. The van der Waals surface area contributed by atoms with E-state index in [2.05, 4.69) is 6.58 Å². The summed E-state index contributed by atoms with van der Waals surface area (Å²) in [5.41, 5.74) is 1.28. The van der Waals surface area contributed by atoms with Crippen LogP contribution in [-0.2, 0) is 16.1 Å². The lowest BCUT2D eigenvalue weighted by Crippen LogP contribution is -2.07. The number of benzene rings is 1. The number of hydrogen-bond donors (Lipinski definition) is 0. The highest BCUT2D eigenvalue weighted by Crippen LogP contribution is 2.07. The van der Waals surface area contributed by atoms with Crippen LogP contribution in [0.4, 0.5) is 0 Å². The first-order valence-electron chi connectivity index (χ1n) is 5.00. The van der Waals surface area contributed by atoms with Crippen LogP contribution in [0.5, 0.6) is 0 Å². The Kier molecular flexibility index (Phi) is 4.81. The summed E-state index contributed by atoms with van der Waals surface area (Å²) in [6, 6.07) is 11.4. The smallest absolute Gasteiger partial charge is 0.333 e. The molecule has 0 aromatic heterocycles. The van der Waals surface area contributed by atoms with E-state index in [0.29, 0.717) is 18.4 Å². The van der Waals surface area contributed by atoms with Crippen molar-refractivity contribution in [2.75, 3.05) is 0 Å². The van der Waals surface area contributed by atoms with Crippen LogP contribution >= 0.6 is 0 Å². The molecule has 0 saturated heterocycles. The third kappa shape index (κ3) is 3.97. The van der Waals surface area contributed by atoms with Gasteiger partial charge in [-0.15, -0.1) is 0 Å². The van der Waals surface area contributed by atoms with Gasteiger partial charge in [-0.25, -0.2) is 4.79 Å². The monoisotopic (exact) mass is 215 g/mol. The summed E-state index contributed by atoms with van der Waals surface area (Å²) >= 11 is 0. The summed E-state index contributed by atoms with van der Waals surface area (Å²) in [7, 11) is 0. The Hall–Kier alpha value is -2.08. The second-order valence-electron chi connectivity index (χ2n) is 3.32. The Balaban J connectivity index is 2.36. The van der Waals surface area contributed by atoms with Gasteiger partial charge in [0.2, 0.25) is 0 Å². The minimum absolute atomic E-state index is 0.241. The largest absolute Gasteiger partial charge is 0.457 e. The SMILES string of the molecule is C=C(CCC#N)C(=O)OCc1ccccc1. The predicted molar refractivity (Wildman–Crippen MR) is 60.2 cm³/mol. The minimum Gasteiger partial charge on any atom is -0.457 e. The van der Waals surface area contributed by atoms with Gasteiger partial charge in [0.25, 0.3) is 0 Å². The van der Waals surface area contributed by atoms with Gasteiger partial charge in [0.15, 0.2) is 0 Å². The number of rotatable bonds is 5. The summed E-state index contributed by atoms with van der Waals surface area (Å²) < 4.78 is 5.04. The molecule has 1 aromatic carbocycles. The molecule has 0 aliphatic carbocycles. The van der Waals surface area contributed by atoms with Crippen molar-refractivity contribution in [3.8, 4) is 6.07 Å². The van der Waals surface area contributed by atoms with Crippen LogP contribution in [0.25, 0.3) is 0 Å². The predicted octanol–water partition coefficient (Wildman–Crippen LogP) is 2.59. The number of esters is 1. The van der Waals surface area contributed by atoms with Gasteiger partial charge in [0.1, 0.15) is 6.61 Å². The van der Waals surface area contributed by atoms with Crippen LogP contribution in [0, 0.1) is 11.3 Å². The van der Waals surface area contributed by atoms with Crippen molar-refractivity contribution >= 4 is 5.97 Å². The molecule has 0 radical (unpaired) electrons. The fourth-order valence-electron chi connectivity index (χ4n) is 1.13. The molecule has 0 spiro atoms. The van der Waals surface area contributed by atoms with Crippen LogP contribution in [0.2, 0.25) is 0 Å². The summed E-state index contributed by atoms with van der Waals surface area (Å²) in [5.74, 6) is -0.431. The lowest BCUT2D eigenvalue weighted by atomic mass is 10.2. The van der Waals surface area contributed by atoms with E-state index >= 15 is 0 Å². The highest BCUT2D eigenvalue weighted by atomic mass is 16.5. The maximum atomic E-state index is 11.4.